The Morgan fingerprint density at radius 1 is 0.773 bits per heavy atom. The highest BCUT2D eigenvalue weighted by atomic mass is 16.6. The van der Waals surface area contributed by atoms with E-state index in [0.29, 0.717) is 96.6 Å². The van der Waals surface area contributed by atoms with Crippen LogP contribution in [0.2, 0.25) is 0 Å². The minimum Gasteiger partial charge on any atom is -0.460 e. The first-order valence-corrected chi connectivity index (χ1v) is 27.5. The van der Waals surface area contributed by atoms with Gasteiger partial charge in [0.25, 0.3) is 11.7 Å². The molecule has 17 heteroatoms. The van der Waals surface area contributed by atoms with Crippen molar-refractivity contribution >= 4 is 29.2 Å². The Hall–Kier alpha value is -3.49. The Morgan fingerprint density at radius 3 is 2.16 bits per heavy atom. The van der Waals surface area contributed by atoms with Crippen LogP contribution in [0, 0.1) is 35.5 Å². The minimum atomic E-state index is -2.44. The normalized spacial score (nSPS) is 36.6. The van der Waals surface area contributed by atoms with E-state index >= 15 is 0 Å². The number of fused-ring (bicyclic) bond motifs is 3. The molecule has 0 radical (unpaired) electrons. The van der Waals surface area contributed by atoms with E-state index in [2.05, 4.69) is 0 Å². The predicted octanol–water partition coefficient (Wildman–Crippen LogP) is 6.88. The number of aliphatic hydroxyl groups is 2. The zero-order valence-corrected chi connectivity index (χ0v) is 47.0. The fourth-order valence-electron chi connectivity index (χ4n) is 11.0. The quantitative estimate of drug-likeness (QED) is 0.0698. The lowest BCUT2D eigenvalue weighted by molar-refractivity contribution is -0.265. The van der Waals surface area contributed by atoms with Crippen LogP contribution in [0.4, 0.5) is 0 Å². The van der Waals surface area contributed by atoms with Gasteiger partial charge in [-0.05, 0) is 107 Å². The number of esters is 1. The Morgan fingerprint density at radius 2 is 1.48 bits per heavy atom. The van der Waals surface area contributed by atoms with Gasteiger partial charge in [-0.3, -0.25) is 19.2 Å². The molecule has 15 atom stereocenters. The Kier molecular flexibility index (Phi) is 27.7. The molecule has 1 amide bonds. The number of cyclic esters (lactones) is 1. The van der Waals surface area contributed by atoms with Gasteiger partial charge in [0.2, 0.25) is 5.79 Å². The summed E-state index contributed by atoms with van der Waals surface area (Å²) < 4.78 is 52.3. The van der Waals surface area contributed by atoms with Crippen molar-refractivity contribution in [2.75, 3.05) is 74.6 Å². The molecule has 0 spiro atoms. The van der Waals surface area contributed by atoms with E-state index in [1.54, 1.807) is 48.2 Å². The van der Waals surface area contributed by atoms with Crippen LogP contribution in [-0.4, -0.2) is 174 Å². The maximum Gasteiger partial charge on any atom is 0.329 e. The minimum absolute atomic E-state index is 0.0129. The number of ether oxygens (including phenoxy) is 9. The number of carbonyl (C=O) groups is 5. The largest absolute Gasteiger partial charge is 0.460 e. The molecular weight excluding hydrogens is 967 g/mol. The van der Waals surface area contributed by atoms with Crippen LogP contribution in [-0.2, 0) is 66.6 Å². The van der Waals surface area contributed by atoms with Gasteiger partial charge in [0.1, 0.15) is 30.1 Å². The molecule has 2 saturated heterocycles. The second-order valence-corrected chi connectivity index (χ2v) is 21.7. The topological polar surface area (TPSA) is 212 Å². The molecule has 0 unspecified atom stereocenters. The first-order chi connectivity index (χ1) is 35.8. The van der Waals surface area contributed by atoms with Crippen LogP contribution in [0.3, 0.4) is 0 Å². The summed E-state index contributed by atoms with van der Waals surface area (Å²) in [6, 6.07) is -1.15. The average molecular weight is 1060 g/mol. The van der Waals surface area contributed by atoms with Crippen LogP contribution in [0.15, 0.2) is 47.6 Å². The van der Waals surface area contributed by atoms with E-state index in [9.17, 15) is 34.2 Å². The Balaban J connectivity index is 1.62. The summed E-state index contributed by atoms with van der Waals surface area (Å²) in [5.74, 6) is -7.97. The fourth-order valence-corrected chi connectivity index (χ4v) is 11.0. The lowest BCUT2D eigenvalue weighted by Gasteiger charge is -2.42. The van der Waals surface area contributed by atoms with E-state index < -0.39 is 77.8 Å². The number of Topliss-reactive ketones (excluding diaryl/α,β-unsaturated/α-hetero) is 3. The van der Waals surface area contributed by atoms with Crippen molar-refractivity contribution < 1.29 is 76.8 Å². The molecular formula is C58H93NO16. The summed E-state index contributed by atoms with van der Waals surface area (Å²) in [4.78, 5) is 72.6. The van der Waals surface area contributed by atoms with Crippen molar-refractivity contribution in [3.63, 3.8) is 0 Å². The highest BCUT2D eigenvalue weighted by Gasteiger charge is 2.53. The number of rotatable bonds is 16. The molecule has 2 bridgehead atoms. The van der Waals surface area contributed by atoms with Crippen molar-refractivity contribution in [1.29, 1.82) is 0 Å². The second-order valence-electron chi connectivity index (χ2n) is 21.7. The summed E-state index contributed by atoms with van der Waals surface area (Å²) in [5, 5.41) is 23.6. The number of amides is 1. The van der Waals surface area contributed by atoms with Crippen LogP contribution in [0.5, 0.6) is 0 Å². The summed E-state index contributed by atoms with van der Waals surface area (Å²) in [6.07, 6.45) is 12.1. The molecule has 3 heterocycles. The average Bonchev–Trinajstić information content (AvgIpc) is 3.39. The van der Waals surface area contributed by atoms with Crippen molar-refractivity contribution in [1.82, 2.24) is 4.90 Å². The molecule has 4 aliphatic rings. The van der Waals surface area contributed by atoms with E-state index in [0.717, 1.165) is 18.4 Å². The van der Waals surface area contributed by atoms with Gasteiger partial charge >= 0.3 is 5.97 Å². The maximum atomic E-state index is 14.6. The predicted molar refractivity (Wildman–Crippen MR) is 282 cm³/mol. The molecule has 4 rings (SSSR count). The lowest BCUT2D eigenvalue weighted by Crippen LogP contribution is -2.61. The third-order valence-electron chi connectivity index (χ3n) is 15.8. The summed E-state index contributed by atoms with van der Waals surface area (Å²) in [6.45, 7) is 15.6. The van der Waals surface area contributed by atoms with Gasteiger partial charge in [0.15, 0.2) is 5.78 Å². The number of nitrogens with zero attached hydrogens (tertiary/aromatic N) is 1. The third kappa shape index (κ3) is 19.1. The fraction of sp³-hybridized carbons (Fsp3) is 0.776. The van der Waals surface area contributed by atoms with Crippen molar-refractivity contribution in [3.8, 4) is 0 Å². The third-order valence-corrected chi connectivity index (χ3v) is 15.8. The first-order valence-electron chi connectivity index (χ1n) is 27.5. The van der Waals surface area contributed by atoms with Gasteiger partial charge < -0.3 is 57.7 Å². The molecule has 1 saturated carbocycles. The van der Waals surface area contributed by atoms with Crippen molar-refractivity contribution in [2.24, 2.45) is 35.5 Å². The number of carbonyl (C=O) groups excluding carboxylic acids is 5. The van der Waals surface area contributed by atoms with Crippen LogP contribution in [0.25, 0.3) is 0 Å². The number of methoxy groups -OCH3 is 4. The highest BCUT2D eigenvalue weighted by Crippen LogP contribution is 2.38. The first kappa shape index (κ1) is 64.0. The van der Waals surface area contributed by atoms with E-state index in [-0.39, 0.29) is 60.9 Å². The molecule has 1 aliphatic carbocycles. The molecule has 0 aromatic rings. The summed E-state index contributed by atoms with van der Waals surface area (Å²) in [7, 11) is 6.25. The zero-order chi connectivity index (χ0) is 55.2. The van der Waals surface area contributed by atoms with E-state index in [4.69, 9.17) is 42.6 Å². The van der Waals surface area contributed by atoms with Gasteiger partial charge in [0, 0.05) is 65.6 Å². The van der Waals surface area contributed by atoms with Crippen LogP contribution in [0.1, 0.15) is 126 Å². The molecule has 0 aromatic heterocycles. The zero-order valence-electron chi connectivity index (χ0n) is 47.0. The number of aliphatic hydroxyl groups excluding tert-OH is 1. The number of hydrogen-bond donors (Lipinski definition) is 2. The number of ketones is 3. The summed E-state index contributed by atoms with van der Waals surface area (Å²) >= 11 is 0. The molecule has 3 fully saturated rings. The van der Waals surface area contributed by atoms with Gasteiger partial charge in [-0.1, -0.05) is 71.1 Å². The molecule has 2 N–H and O–H groups in total. The van der Waals surface area contributed by atoms with Crippen LogP contribution >= 0.6 is 0 Å². The van der Waals surface area contributed by atoms with Gasteiger partial charge in [-0.25, -0.2) is 4.79 Å². The van der Waals surface area contributed by atoms with Gasteiger partial charge in [-0.15, -0.1) is 0 Å². The van der Waals surface area contributed by atoms with E-state index in [1.807, 2.05) is 58.1 Å². The number of allylic oxidation sites excluding steroid dienone is 6. The van der Waals surface area contributed by atoms with Gasteiger partial charge in [-0.2, -0.15) is 0 Å². The van der Waals surface area contributed by atoms with Crippen molar-refractivity contribution in [2.45, 2.75) is 180 Å². The number of piperidine rings is 1. The van der Waals surface area contributed by atoms with Gasteiger partial charge in [0.05, 0.1) is 64.1 Å². The summed E-state index contributed by atoms with van der Waals surface area (Å²) in [5.41, 5.74) is 1.27. The molecule has 0 aromatic carbocycles. The monoisotopic (exact) mass is 1060 g/mol. The Bertz CT molecular complexity index is 1930. The highest BCUT2D eigenvalue weighted by molar-refractivity contribution is 6.39. The maximum absolute atomic E-state index is 14.6. The lowest BCUT2D eigenvalue weighted by atomic mass is 9.78. The molecule has 3 aliphatic heterocycles. The molecule has 426 valence electrons. The molecule has 17 nitrogen and oxygen atoms in total. The Labute approximate surface area is 447 Å². The SMILES string of the molecule is COCCOCCOCCO[C@@H]1CC[C@@H](C[C@@H](C)[C@@H]2CC(=O)[C@H](C)/C=C(\C)[C@@H](O)[C@@H](OC)C(=O)[C@H](C)C[C@H](C)\C=C/C=C/C=C(\C)[C@@H](OC)C[C@@H]3CC[C@@H](C)[C@@](O)(O3)C(=O)C(=O)N3CCCC[C@H]3C(=O)O2)C[C@H]1OC. The number of hydrogen-bond acceptors (Lipinski definition) is 16. The smallest absolute Gasteiger partial charge is 0.329 e. The van der Waals surface area contributed by atoms with Crippen LogP contribution < -0.4 is 0 Å². The van der Waals surface area contributed by atoms with E-state index in [1.165, 1.54) is 12.0 Å². The molecule has 75 heavy (non-hydrogen) atoms. The van der Waals surface area contributed by atoms with Crippen molar-refractivity contribution in [3.05, 3.63) is 47.6 Å². The second kappa shape index (κ2) is 32.4. The standard InChI is InChI=1S/C58H93NO16/c1-37-17-13-12-14-18-38(2)49(68-9)35-45-22-20-43(7)58(66,75-45)55(63)56(64)59-24-16-15-19-46(59)57(65)74-50(36-47(60)39(3)32-42(6)53(62)54(70-11)52(61)41(5)31-37)40(4)33-44-21-23-48(51(34-44)69-10)73-30-29-72-28-27-71-26-25-67-8/h12-14,17-18,32,37,39-41,43-46,48-51,53-54,62,66H,15-16,19-31,33-36H2,1-11H3/b14-12+,17-13-,38-18+,42-32+/t37-,39-,40-,41-,43-,44+,45+,46+,48-,49+,50+,51-,53-,54+,58-/m1/s1.